The second-order valence-corrected chi connectivity index (χ2v) is 4.15. The molecule has 0 aromatic heterocycles. The third-order valence-corrected chi connectivity index (χ3v) is 3.03. The molecule has 1 amide bonds. The van der Waals surface area contributed by atoms with Crippen LogP contribution in [0.25, 0.3) is 0 Å². The van der Waals surface area contributed by atoms with Gasteiger partial charge in [0.25, 0.3) is 0 Å². The van der Waals surface area contributed by atoms with E-state index in [1.807, 2.05) is 0 Å². The number of nitrogens with one attached hydrogen (secondary N) is 1. The van der Waals surface area contributed by atoms with Crippen molar-refractivity contribution >= 4 is 21.8 Å². The molecule has 0 spiro atoms. The van der Waals surface area contributed by atoms with Crippen molar-refractivity contribution in [2.24, 2.45) is 0 Å². The Morgan fingerprint density at radius 3 is 2.86 bits per heavy atom. The van der Waals surface area contributed by atoms with Gasteiger partial charge >= 0.3 is 0 Å². The molecular weight excluding hydrogens is 249 g/mol. The van der Waals surface area contributed by atoms with Crippen LogP contribution in [-0.4, -0.2) is 5.91 Å². The van der Waals surface area contributed by atoms with Crippen LogP contribution in [-0.2, 0) is 4.79 Å². The van der Waals surface area contributed by atoms with E-state index in [0.29, 0.717) is 22.9 Å². The van der Waals surface area contributed by atoms with Crippen LogP contribution in [0.15, 0.2) is 22.7 Å². The number of rotatable bonds is 1. The SMILES string of the molecule is O=C1CC[C@H](c2c(F)cccc2Br)N1. The van der Waals surface area contributed by atoms with E-state index >= 15 is 0 Å². The van der Waals surface area contributed by atoms with Crippen LogP contribution in [0, 0.1) is 5.82 Å². The predicted molar refractivity (Wildman–Crippen MR) is 54.2 cm³/mol. The smallest absolute Gasteiger partial charge is 0.220 e. The van der Waals surface area contributed by atoms with Crippen molar-refractivity contribution in [1.82, 2.24) is 5.32 Å². The lowest BCUT2D eigenvalue weighted by atomic mass is 10.1. The average Bonchev–Trinajstić information content (AvgIpc) is 2.51. The normalized spacial score (nSPS) is 21.0. The third kappa shape index (κ3) is 1.66. The minimum absolute atomic E-state index is 0.00912. The number of carbonyl (C=O) groups is 1. The molecule has 1 aliphatic heterocycles. The maximum absolute atomic E-state index is 13.4. The molecular formula is C10H9BrFNO. The molecule has 1 saturated heterocycles. The zero-order chi connectivity index (χ0) is 10.1. The molecule has 1 aromatic carbocycles. The summed E-state index contributed by atoms with van der Waals surface area (Å²) in [7, 11) is 0. The third-order valence-electron chi connectivity index (χ3n) is 2.34. The van der Waals surface area contributed by atoms with Crippen LogP contribution in [0.1, 0.15) is 24.4 Å². The number of benzene rings is 1. The molecule has 1 aromatic rings. The van der Waals surface area contributed by atoms with Crippen LogP contribution < -0.4 is 5.32 Å². The second-order valence-electron chi connectivity index (χ2n) is 3.29. The molecule has 4 heteroatoms. The van der Waals surface area contributed by atoms with Gasteiger partial charge in [-0.3, -0.25) is 4.79 Å². The van der Waals surface area contributed by atoms with Crippen molar-refractivity contribution in [3.8, 4) is 0 Å². The molecule has 2 rings (SSSR count). The number of carbonyl (C=O) groups excluding carboxylic acids is 1. The molecule has 1 aliphatic rings. The van der Waals surface area contributed by atoms with Crippen molar-refractivity contribution in [2.75, 3.05) is 0 Å². The van der Waals surface area contributed by atoms with Crippen molar-refractivity contribution in [2.45, 2.75) is 18.9 Å². The highest BCUT2D eigenvalue weighted by atomic mass is 79.9. The molecule has 14 heavy (non-hydrogen) atoms. The van der Waals surface area contributed by atoms with Crippen LogP contribution in [0.3, 0.4) is 0 Å². The Morgan fingerprint density at radius 2 is 2.29 bits per heavy atom. The second kappa shape index (κ2) is 3.69. The zero-order valence-electron chi connectivity index (χ0n) is 7.39. The van der Waals surface area contributed by atoms with Gasteiger partial charge < -0.3 is 5.32 Å². The maximum Gasteiger partial charge on any atom is 0.220 e. The lowest BCUT2D eigenvalue weighted by molar-refractivity contribution is -0.119. The molecule has 0 saturated carbocycles. The summed E-state index contributed by atoms with van der Waals surface area (Å²) in [5.41, 5.74) is 0.554. The van der Waals surface area contributed by atoms with Gasteiger partial charge in [-0.05, 0) is 18.6 Å². The summed E-state index contributed by atoms with van der Waals surface area (Å²) < 4.78 is 14.2. The van der Waals surface area contributed by atoms with Crippen molar-refractivity contribution in [3.05, 3.63) is 34.1 Å². The first-order valence-corrected chi connectivity index (χ1v) is 5.21. The number of hydrogen-bond acceptors (Lipinski definition) is 1. The van der Waals surface area contributed by atoms with Crippen LogP contribution in [0.4, 0.5) is 4.39 Å². The number of hydrogen-bond donors (Lipinski definition) is 1. The molecule has 0 bridgehead atoms. The Labute approximate surface area is 89.6 Å². The topological polar surface area (TPSA) is 29.1 Å². The summed E-state index contributed by atoms with van der Waals surface area (Å²) in [6, 6.07) is 4.64. The Hall–Kier alpha value is -0.900. The first-order valence-electron chi connectivity index (χ1n) is 4.42. The predicted octanol–water partition coefficient (Wildman–Crippen LogP) is 2.54. The fourth-order valence-corrected chi connectivity index (χ4v) is 2.29. The largest absolute Gasteiger partial charge is 0.349 e. The van der Waals surface area contributed by atoms with E-state index in [1.54, 1.807) is 12.1 Å². The summed E-state index contributed by atoms with van der Waals surface area (Å²) in [5, 5.41) is 2.74. The first-order chi connectivity index (χ1) is 6.68. The monoisotopic (exact) mass is 257 g/mol. The fourth-order valence-electron chi connectivity index (χ4n) is 1.67. The van der Waals surface area contributed by atoms with Gasteiger partial charge in [0.15, 0.2) is 0 Å². The molecule has 1 atom stereocenters. The molecule has 1 N–H and O–H groups in total. The number of halogens is 2. The van der Waals surface area contributed by atoms with Crippen LogP contribution in [0.2, 0.25) is 0 Å². The van der Waals surface area contributed by atoms with E-state index in [2.05, 4.69) is 21.2 Å². The molecule has 0 aliphatic carbocycles. The van der Waals surface area contributed by atoms with Crippen LogP contribution >= 0.6 is 15.9 Å². The lowest BCUT2D eigenvalue weighted by Crippen LogP contribution is -2.19. The van der Waals surface area contributed by atoms with Crippen LogP contribution in [0.5, 0.6) is 0 Å². The lowest BCUT2D eigenvalue weighted by Gasteiger charge is -2.13. The first kappa shape index (κ1) is 9.65. The summed E-state index contributed by atoms with van der Waals surface area (Å²) in [4.78, 5) is 11.0. The highest BCUT2D eigenvalue weighted by Crippen LogP contribution is 2.31. The minimum Gasteiger partial charge on any atom is -0.349 e. The van der Waals surface area contributed by atoms with Gasteiger partial charge in [0.05, 0.1) is 6.04 Å². The molecule has 2 nitrogen and oxygen atoms in total. The van der Waals surface area contributed by atoms with Crippen molar-refractivity contribution in [1.29, 1.82) is 0 Å². The van der Waals surface area contributed by atoms with Gasteiger partial charge in [-0.1, -0.05) is 22.0 Å². The van der Waals surface area contributed by atoms with E-state index in [1.165, 1.54) is 6.07 Å². The van der Waals surface area contributed by atoms with E-state index in [9.17, 15) is 9.18 Å². The van der Waals surface area contributed by atoms with Gasteiger partial charge in [0.2, 0.25) is 5.91 Å². The molecule has 74 valence electrons. The Kier molecular flexibility index (Phi) is 2.54. The summed E-state index contributed by atoms with van der Waals surface area (Å²) >= 11 is 3.29. The quantitative estimate of drug-likeness (QED) is 0.824. The Balaban J connectivity index is 2.36. The highest BCUT2D eigenvalue weighted by Gasteiger charge is 2.26. The van der Waals surface area contributed by atoms with E-state index < -0.39 is 0 Å². The van der Waals surface area contributed by atoms with E-state index in [0.717, 1.165) is 0 Å². The Morgan fingerprint density at radius 1 is 1.50 bits per heavy atom. The zero-order valence-corrected chi connectivity index (χ0v) is 8.97. The van der Waals surface area contributed by atoms with Crippen molar-refractivity contribution in [3.63, 3.8) is 0 Å². The summed E-state index contributed by atoms with van der Waals surface area (Å²) in [5.74, 6) is -0.281. The Bertz CT molecular complexity index is 360. The van der Waals surface area contributed by atoms with Gasteiger partial charge in [0, 0.05) is 16.5 Å². The van der Waals surface area contributed by atoms with Gasteiger partial charge in [-0.2, -0.15) is 0 Å². The molecule has 0 unspecified atom stereocenters. The number of amides is 1. The fraction of sp³-hybridized carbons (Fsp3) is 0.300. The molecule has 1 fully saturated rings. The summed E-state index contributed by atoms with van der Waals surface area (Å²) in [6.45, 7) is 0. The van der Waals surface area contributed by atoms with Gasteiger partial charge in [-0.25, -0.2) is 4.39 Å². The molecule has 1 heterocycles. The summed E-state index contributed by atoms with van der Waals surface area (Å²) in [6.07, 6.45) is 1.14. The standard InChI is InChI=1S/C10H9BrFNO/c11-6-2-1-3-7(12)10(6)8-4-5-9(14)13-8/h1-3,8H,4-5H2,(H,13,14)/t8-/m1/s1. The average molecular weight is 258 g/mol. The minimum atomic E-state index is -0.272. The van der Waals surface area contributed by atoms with E-state index in [-0.39, 0.29) is 17.8 Å². The maximum atomic E-state index is 13.4. The van der Waals surface area contributed by atoms with E-state index in [4.69, 9.17) is 0 Å². The van der Waals surface area contributed by atoms with Crippen molar-refractivity contribution < 1.29 is 9.18 Å². The van der Waals surface area contributed by atoms with Gasteiger partial charge in [-0.15, -0.1) is 0 Å². The highest BCUT2D eigenvalue weighted by molar-refractivity contribution is 9.10. The van der Waals surface area contributed by atoms with Gasteiger partial charge in [0.1, 0.15) is 5.82 Å². The molecule has 0 radical (unpaired) electrons.